The number of hydrogen-bond donors (Lipinski definition) is 0. The van der Waals surface area contributed by atoms with Crippen molar-refractivity contribution < 1.29 is 0 Å². The van der Waals surface area contributed by atoms with Crippen LogP contribution in [-0.2, 0) is 12.8 Å². The van der Waals surface area contributed by atoms with Crippen molar-refractivity contribution in [1.82, 2.24) is 0 Å². The Labute approximate surface area is 202 Å². The first kappa shape index (κ1) is 25.7. The van der Waals surface area contributed by atoms with Crippen LogP contribution in [-0.4, -0.2) is 6.54 Å². The molecular weight excluding hydrogens is 402 g/mol. The summed E-state index contributed by atoms with van der Waals surface area (Å²) >= 11 is 0. The molecule has 0 aliphatic heterocycles. The minimum Gasteiger partial charge on any atom is -0.151 e. The molecule has 0 spiro atoms. The van der Waals surface area contributed by atoms with Crippen LogP contribution in [0.1, 0.15) is 114 Å². The predicted molar refractivity (Wildman–Crippen MR) is 143 cm³/mol. The first-order chi connectivity index (χ1) is 16.2. The van der Waals surface area contributed by atoms with E-state index >= 15 is 0 Å². The molecule has 1 saturated carbocycles. The van der Waals surface area contributed by atoms with Gasteiger partial charge < -0.3 is 0 Å². The molecule has 1 fully saturated rings. The van der Waals surface area contributed by atoms with E-state index in [2.05, 4.69) is 61.5 Å². The molecule has 0 saturated heterocycles. The fraction of sp³-hybridized carbons (Fsp3) is 0.613. The van der Waals surface area contributed by atoms with E-state index in [1.807, 2.05) is 0 Å². The SMILES string of the molecule is CCCCCCCCCC1CCC(c2ccc(-c3ccc(CCN=O)cc3CC)cc2)CC1. The van der Waals surface area contributed by atoms with Gasteiger partial charge in [0.1, 0.15) is 0 Å². The Bertz CT molecular complexity index is 817. The lowest BCUT2D eigenvalue weighted by atomic mass is 9.77. The summed E-state index contributed by atoms with van der Waals surface area (Å²) < 4.78 is 0. The van der Waals surface area contributed by atoms with Gasteiger partial charge in [-0.05, 0) is 78.2 Å². The smallest absolute Gasteiger partial charge is 0.0851 e. The van der Waals surface area contributed by atoms with Gasteiger partial charge in [0.25, 0.3) is 0 Å². The summed E-state index contributed by atoms with van der Waals surface area (Å²) in [4.78, 5) is 10.5. The van der Waals surface area contributed by atoms with E-state index in [1.54, 1.807) is 0 Å². The minimum absolute atomic E-state index is 0.360. The largest absolute Gasteiger partial charge is 0.151 e. The Morgan fingerprint density at radius 1 is 0.818 bits per heavy atom. The monoisotopic (exact) mass is 447 g/mol. The number of rotatable bonds is 14. The third kappa shape index (κ3) is 8.09. The second-order valence-corrected chi connectivity index (χ2v) is 10.2. The second kappa shape index (κ2) is 14.3. The number of hydrogen-bond acceptors (Lipinski definition) is 2. The topological polar surface area (TPSA) is 29.4 Å². The Hall–Kier alpha value is -1.96. The van der Waals surface area contributed by atoms with Gasteiger partial charge in [0.15, 0.2) is 0 Å². The van der Waals surface area contributed by atoms with Crippen LogP contribution in [0.25, 0.3) is 11.1 Å². The van der Waals surface area contributed by atoms with E-state index in [9.17, 15) is 4.91 Å². The Morgan fingerprint density at radius 3 is 2.18 bits per heavy atom. The summed E-state index contributed by atoms with van der Waals surface area (Å²) in [6.45, 7) is 4.86. The van der Waals surface area contributed by atoms with Gasteiger partial charge in [-0.1, -0.05) is 113 Å². The molecule has 0 aromatic heterocycles. The van der Waals surface area contributed by atoms with Gasteiger partial charge in [0, 0.05) is 0 Å². The molecule has 0 heterocycles. The highest BCUT2D eigenvalue weighted by Crippen LogP contribution is 2.38. The highest BCUT2D eigenvalue weighted by atomic mass is 16.3. The summed E-state index contributed by atoms with van der Waals surface area (Å²) in [5.41, 5.74) is 6.73. The summed E-state index contributed by atoms with van der Waals surface area (Å²) in [5.74, 6) is 1.71. The van der Waals surface area contributed by atoms with Crippen LogP contribution in [0.4, 0.5) is 0 Å². The Balaban J connectivity index is 1.47. The second-order valence-electron chi connectivity index (χ2n) is 10.2. The van der Waals surface area contributed by atoms with Crippen LogP contribution in [0.5, 0.6) is 0 Å². The molecule has 0 amide bonds. The molecule has 2 aromatic carbocycles. The molecule has 0 atom stereocenters. The van der Waals surface area contributed by atoms with Crippen molar-refractivity contribution in [1.29, 1.82) is 0 Å². The lowest BCUT2D eigenvalue weighted by Crippen LogP contribution is -2.13. The number of benzene rings is 2. The van der Waals surface area contributed by atoms with Gasteiger partial charge in [0.2, 0.25) is 0 Å². The molecule has 3 rings (SSSR count). The van der Waals surface area contributed by atoms with Crippen LogP contribution < -0.4 is 0 Å². The molecule has 180 valence electrons. The maximum Gasteiger partial charge on any atom is 0.0851 e. The average Bonchev–Trinajstić information content (AvgIpc) is 2.87. The van der Waals surface area contributed by atoms with Gasteiger partial charge in [0.05, 0.1) is 6.54 Å². The normalized spacial score (nSPS) is 18.4. The molecule has 0 unspecified atom stereocenters. The molecule has 0 N–H and O–H groups in total. The molecule has 0 radical (unpaired) electrons. The lowest BCUT2D eigenvalue weighted by molar-refractivity contribution is 0.302. The summed E-state index contributed by atoms with van der Waals surface area (Å²) in [6, 6.07) is 16.0. The van der Waals surface area contributed by atoms with E-state index in [0.29, 0.717) is 6.54 Å². The van der Waals surface area contributed by atoms with Crippen molar-refractivity contribution in [3.63, 3.8) is 0 Å². The van der Waals surface area contributed by atoms with Crippen LogP contribution in [0.15, 0.2) is 47.6 Å². The van der Waals surface area contributed by atoms with E-state index < -0.39 is 0 Å². The summed E-state index contributed by atoms with van der Waals surface area (Å²) in [6.07, 6.45) is 18.7. The zero-order valence-corrected chi connectivity index (χ0v) is 21.2. The number of aryl methyl sites for hydroxylation is 1. The molecule has 2 aromatic rings. The van der Waals surface area contributed by atoms with E-state index in [1.165, 1.54) is 105 Å². The molecule has 33 heavy (non-hydrogen) atoms. The third-order valence-corrected chi connectivity index (χ3v) is 7.80. The van der Waals surface area contributed by atoms with Crippen LogP contribution in [0, 0.1) is 10.8 Å². The van der Waals surface area contributed by atoms with Crippen molar-refractivity contribution in [2.24, 2.45) is 11.1 Å². The van der Waals surface area contributed by atoms with E-state index in [0.717, 1.165) is 24.7 Å². The maximum absolute atomic E-state index is 10.5. The zero-order valence-electron chi connectivity index (χ0n) is 21.2. The van der Waals surface area contributed by atoms with Crippen molar-refractivity contribution in [3.05, 3.63) is 64.1 Å². The number of nitrogens with zero attached hydrogens (tertiary/aromatic N) is 1. The van der Waals surface area contributed by atoms with Crippen LogP contribution in [0.2, 0.25) is 0 Å². The fourth-order valence-electron chi connectivity index (χ4n) is 5.66. The van der Waals surface area contributed by atoms with E-state index in [-0.39, 0.29) is 0 Å². The molecule has 2 heteroatoms. The standard InChI is InChI=1S/C31H45NO/c1-3-5-6-7-8-9-10-11-25-12-15-28(16-13-25)29-17-19-30(20-18-29)31-21-14-26(22-23-32-33)24-27(31)4-2/h14,17-21,24-25,28H,3-13,15-16,22-23H2,1-2H3. The quantitative estimate of drug-likeness (QED) is 0.209. The molecular formula is C31H45NO. The minimum atomic E-state index is 0.360. The van der Waals surface area contributed by atoms with Crippen molar-refractivity contribution in [2.75, 3.05) is 6.54 Å². The molecule has 2 nitrogen and oxygen atoms in total. The van der Waals surface area contributed by atoms with Crippen LogP contribution >= 0.6 is 0 Å². The molecule has 1 aliphatic carbocycles. The zero-order chi connectivity index (χ0) is 23.3. The first-order valence-electron chi connectivity index (χ1n) is 13.8. The van der Waals surface area contributed by atoms with Gasteiger partial charge in [-0.2, -0.15) is 4.91 Å². The van der Waals surface area contributed by atoms with Gasteiger partial charge >= 0.3 is 0 Å². The fourth-order valence-corrected chi connectivity index (χ4v) is 5.66. The van der Waals surface area contributed by atoms with Gasteiger partial charge in [-0.3, -0.25) is 0 Å². The average molecular weight is 448 g/mol. The van der Waals surface area contributed by atoms with Crippen molar-refractivity contribution >= 4 is 0 Å². The summed E-state index contributed by atoms with van der Waals surface area (Å²) in [7, 11) is 0. The van der Waals surface area contributed by atoms with Crippen LogP contribution in [0.3, 0.4) is 0 Å². The van der Waals surface area contributed by atoms with E-state index in [4.69, 9.17) is 0 Å². The van der Waals surface area contributed by atoms with Gasteiger partial charge in [-0.25, -0.2) is 0 Å². The maximum atomic E-state index is 10.5. The lowest BCUT2D eigenvalue weighted by Gasteiger charge is -2.29. The summed E-state index contributed by atoms with van der Waals surface area (Å²) in [5, 5.41) is 3.01. The van der Waals surface area contributed by atoms with Gasteiger partial charge in [-0.15, -0.1) is 0 Å². The first-order valence-corrected chi connectivity index (χ1v) is 13.8. The Kier molecular flexibility index (Phi) is 11.1. The van der Waals surface area contributed by atoms with Crippen molar-refractivity contribution in [3.8, 4) is 11.1 Å². The predicted octanol–water partition coefficient (Wildman–Crippen LogP) is 9.64. The number of nitroso groups, excluding NO2 is 1. The Morgan fingerprint density at radius 2 is 1.52 bits per heavy atom. The molecule has 1 aliphatic rings. The highest BCUT2D eigenvalue weighted by molar-refractivity contribution is 5.68. The molecule has 0 bridgehead atoms. The number of unbranched alkanes of at least 4 members (excludes halogenated alkanes) is 6. The highest BCUT2D eigenvalue weighted by Gasteiger charge is 2.22. The third-order valence-electron chi connectivity index (χ3n) is 7.80. The van der Waals surface area contributed by atoms with Crippen molar-refractivity contribution in [2.45, 2.75) is 110 Å².